The number of carbonyl (C=O) groups is 2. The second kappa shape index (κ2) is 10.1. The molecule has 1 N–H and O–H groups in total. The van der Waals surface area contributed by atoms with Crippen molar-refractivity contribution < 1.29 is 9.59 Å². The van der Waals surface area contributed by atoms with E-state index < -0.39 is 0 Å². The van der Waals surface area contributed by atoms with Crippen LogP contribution in [0.5, 0.6) is 0 Å². The van der Waals surface area contributed by atoms with Gasteiger partial charge in [0.25, 0.3) is 0 Å². The molecule has 154 valence electrons. The molecule has 0 fully saturated rings. The minimum Gasteiger partial charge on any atom is -0.325 e. The number of thioether (sulfide) groups is 1. The topological polar surface area (TPSA) is 62.3 Å². The van der Waals surface area contributed by atoms with E-state index >= 15 is 0 Å². The summed E-state index contributed by atoms with van der Waals surface area (Å²) in [4.78, 5) is 33.0. The summed E-state index contributed by atoms with van der Waals surface area (Å²) in [5.41, 5.74) is 3.04. The third-order valence-electron chi connectivity index (χ3n) is 4.79. The number of amides is 2. The maximum atomic E-state index is 13.0. The van der Waals surface area contributed by atoms with Gasteiger partial charge >= 0.3 is 0 Å². The molecular formula is C22H27N3O2S2. The van der Waals surface area contributed by atoms with E-state index in [9.17, 15) is 9.59 Å². The first-order valence-electron chi connectivity index (χ1n) is 9.87. The van der Waals surface area contributed by atoms with E-state index in [4.69, 9.17) is 4.98 Å². The first-order chi connectivity index (χ1) is 14.0. The Balaban J connectivity index is 1.59. The van der Waals surface area contributed by atoms with Crippen LogP contribution in [0.3, 0.4) is 0 Å². The van der Waals surface area contributed by atoms with Gasteiger partial charge in [0.1, 0.15) is 0 Å². The Labute approximate surface area is 180 Å². The van der Waals surface area contributed by atoms with Crippen molar-refractivity contribution in [3.05, 3.63) is 53.1 Å². The quantitative estimate of drug-likeness (QED) is 0.623. The van der Waals surface area contributed by atoms with Crippen LogP contribution in [0.15, 0.2) is 36.9 Å². The largest absolute Gasteiger partial charge is 0.325 e. The molecule has 0 radical (unpaired) electrons. The number of rotatable bonds is 8. The molecule has 5 nitrogen and oxygen atoms in total. The van der Waals surface area contributed by atoms with E-state index in [1.54, 1.807) is 22.3 Å². The van der Waals surface area contributed by atoms with Gasteiger partial charge < -0.3 is 5.32 Å². The Morgan fingerprint density at radius 2 is 2.03 bits per heavy atom. The van der Waals surface area contributed by atoms with Gasteiger partial charge in [0, 0.05) is 17.1 Å². The zero-order chi connectivity index (χ0) is 20.8. The highest BCUT2D eigenvalue weighted by atomic mass is 32.2. The van der Waals surface area contributed by atoms with Gasteiger partial charge in [0.05, 0.1) is 16.7 Å². The highest BCUT2D eigenvalue weighted by Gasteiger charge is 2.26. The lowest BCUT2D eigenvalue weighted by molar-refractivity contribution is -0.117. The predicted molar refractivity (Wildman–Crippen MR) is 123 cm³/mol. The van der Waals surface area contributed by atoms with Crippen LogP contribution in [0.1, 0.15) is 35.9 Å². The predicted octanol–water partition coefficient (Wildman–Crippen LogP) is 4.61. The molecule has 1 heterocycles. The van der Waals surface area contributed by atoms with E-state index in [0.717, 1.165) is 41.3 Å². The molecule has 2 amide bonds. The fourth-order valence-corrected chi connectivity index (χ4v) is 5.08. The number of carbonyl (C=O) groups excluding carboxylic acids is 2. The number of anilines is 2. The zero-order valence-corrected chi connectivity index (χ0v) is 18.6. The number of hydrogen-bond donors (Lipinski definition) is 1. The van der Waals surface area contributed by atoms with E-state index in [-0.39, 0.29) is 22.8 Å². The number of nitrogens with zero attached hydrogens (tertiary/aromatic N) is 2. The van der Waals surface area contributed by atoms with Crippen molar-refractivity contribution in [2.75, 3.05) is 22.5 Å². The van der Waals surface area contributed by atoms with Crippen LogP contribution in [0, 0.1) is 6.92 Å². The molecule has 0 bridgehead atoms. The summed E-state index contributed by atoms with van der Waals surface area (Å²) >= 11 is 2.95. The lowest BCUT2D eigenvalue weighted by Gasteiger charge is -2.21. The molecule has 0 spiro atoms. The van der Waals surface area contributed by atoms with Crippen LogP contribution in [-0.2, 0) is 22.4 Å². The minimum atomic E-state index is -0.348. The number of aromatic nitrogens is 1. The molecule has 1 unspecified atom stereocenters. The van der Waals surface area contributed by atoms with Crippen LogP contribution >= 0.6 is 23.1 Å². The number of benzene rings is 1. The first kappa shape index (κ1) is 21.6. The Hall–Kier alpha value is -2.12. The molecule has 3 rings (SSSR count). The molecule has 1 aromatic carbocycles. The van der Waals surface area contributed by atoms with Crippen molar-refractivity contribution in [1.82, 2.24) is 4.98 Å². The monoisotopic (exact) mass is 429 g/mol. The molecule has 1 aliphatic carbocycles. The van der Waals surface area contributed by atoms with Crippen LogP contribution in [0.2, 0.25) is 0 Å². The van der Waals surface area contributed by atoms with Gasteiger partial charge in [-0.3, -0.25) is 14.5 Å². The third-order valence-corrected chi connectivity index (χ3v) is 7.10. The van der Waals surface area contributed by atoms with Gasteiger partial charge in [-0.1, -0.05) is 23.8 Å². The second-order valence-electron chi connectivity index (χ2n) is 7.18. The highest BCUT2D eigenvalue weighted by Crippen LogP contribution is 2.32. The summed E-state index contributed by atoms with van der Waals surface area (Å²) in [6.45, 7) is 8.06. The second-order valence-corrected chi connectivity index (χ2v) is 9.57. The van der Waals surface area contributed by atoms with Crippen molar-refractivity contribution in [2.45, 2.75) is 44.8 Å². The molecule has 1 aromatic heterocycles. The molecule has 1 atom stereocenters. The summed E-state index contributed by atoms with van der Waals surface area (Å²) in [6.07, 6.45) is 6.11. The van der Waals surface area contributed by atoms with Crippen molar-refractivity contribution >= 4 is 45.7 Å². The molecule has 0 saturated carbocycles. The molecule has 0 aliphatic heterocycles. The lowest BCUT2D eigenvalue weighted by Crippen LogP contribution is -2.37. The van der Waals surface area contributed by atoms with Crippen LogP contribution in [-0.4, -0.2) is 34.3 Å². The maximum absolute atomic E-state index is 13.0. The average molecular weight is 430 g/mol. The van der Waals surface area contributed by atoms with Crippen LogP contribution < -0.4 is 10.2 Å². The van der Waals surface area contributed by atoms with Gasteiger partial charge in [-0.15, -0.1) is 29.7 Å². The number of hydrogen-bond acceptors (Lipinski definition) is 5. The van der Waals surface area contributed by atoms with E-state index in [1.165, 1.54) is 23.1 Å². The van der Waals surface area contributed by atoms with Crippen molar-refractivity contribution in [3.8, 4) is 0 Å². The van der Waals surface area contributed by atoms with E-state index in [0.29, 0.717) is 6.54 Å². The summed E-state index contributed by atoms with van der Waals surface area (Å²) in [6, 6.07) is 7.66. The van der Waals surface area contributed by atoms with E-state index in [1.807, 2.05) is 38.1 Å². The normalized spacial score (nSPS) is 14.0. The zero-order valence-electron chi connectivity index (χ0n) is 16.9. The molecule has 1 aliphatic rings. The first-order valence-corrected chi connectivity index (χ1v) is 11.7. The van der Waals surface area contributed by atoms with Gasteiger partial charge in [0.15, 0.2) is 5.13 Å². The Morgan fingerprint density at radius 3 is 2.72 bits per heavy atom. The molecule has 2 aromatic rings. The van der Waals surface area contributed by atoms with Crippen LogP contribution in [0.25, 0.3) is 0 Å². The Bertz CT molecular complexity index is 853. The molecule has 29 heavy (non-hydrogen) atoms. The van der Waals surface area contributed by atoms with Crippen LogP contribution in [0.4, 0.5) is 10.8 Å². The SMILES string of the molecule is C=CCN(C(=O)C(C)SCC(=O)Nc1ccc(C)cc1)c1nc2c(s1)CCCC2. The lowest BCUT2D eigenvalue weighted by atomic mass is 10.0. The maximum Gasteiger partial charge on any atom is 0.241 e. The van der Waals surface area contributed by atoms with Gasteiger partial charge in [-0.25, -0.2) is 4.98 Å². The Kier molecular flexibility index (Phi) is 7.50. The minimum absolute atomic E-state index is 0.0378. The summed E-state index contributed by atoms with van der Waals surface area (Å²) in [5, 5.41) is 3.27. The number of thiazole rings is 1. The summed E-state index contributed by atoms with van der Waals surface area (Å²) in [5.74, 6) is 0.0690. The van der Waals surface area contributed by atoms with E-state index in [2.05, 4.69) is 11.9 Å². The van der Waals surface area contributed by atoms with Gasteiger partial charge in [-0.2, -0.15) is 0 Å². The molecular weight excluding hydrogens is 402 g/mol. The Morgan fingerprint density at radius 1 is 1.31 bits per heavy atom. The van der Waals surface area contributed by atoms with Gasteiger partial charge in [0.2, 0.25) is 11.8 Å². The molecule has 0 saturated heterocycles. The van der Waals surface area contributed by atoms with Crippen molar-refractivity contribution in [1.29, 1.82) is 0 Å². The third kappa shape index (κ3) is 5.70. The number of nitrogens with one attached hydrogen (secondary N) is 1. The number of aryl methyl sites for hydroxylation is 3. The highest BCUT2D eigenvalue weighted by molar-refractivity contribution is 8.01. The fourth-order valence-electron chi connectivity index (χ4n) is 3.17. The summed E-state index contributed by atoms with van der Waals surface area (Å²) in [7, 11) is 0. The van der Waals surface area contributed by atoms with Crippen molar-refractivity contribution in [2.24, 2.45) is 0 Å². The molecule has 7 heteroatoms. The average Bonchev–Trinajstić information content (AvgIpc) is 3.15. The smallest absolute Gasteiger partial charge is 0.241 e. The van der Waals surface area contributed by atoms with Gasteiger partial charge in [-0.05, 0) is 51.7 Å². The standard InChI is InChI=1S/C22H27N3O2S2/c1-4-13-25(22-24-18-7-5-6-8-19(18)29-22)21(27)16(3)28-14-20(26)23-17-11-9-15(2)10-12-17/h4,9-12,16H,1,5-8,13-14H2,2-3H3,(H,23,26). The fraction of sp³-hybridized carbons (Fsp3) is 0.409. The summed E-state index contributed by atoms with van der Waals surface area (Å²) < 4.78 is 0. The number of fused-ring (bicyclic) bond motifs is 1. The van der Waals surface area contributed by atoms with Crippen molar-refractivity contribution in [3.63, 3.8) is 0 Å².